The number of aromatic nitrogens is 2. The number of carbonyl (C=O) groups excluding carboxylic acids is 2. The zero-order chi connectivity index (χ0) is 21.0. The summed E-state index contributed by atoms with van der Waals surface area (Å²) in [4.78, 5) is 30.7. The van der Waals surface area contributed by atoms with Gasteiger partial charge in [0.15, 0.2) is 0 Å². The molecule has 0 spiro atoms. The number of piperidine rings is 1. The number of imidazole rings is 1. The average Bonchev–Trinajstić information content (AvgIpc) is 3.11. The summed E-state index contributed by atoms with van der Waals surface area (Å²) in [7, 11) is 0. The van der Waals surface area contributed by atoms with Gasteiger partial charge in [-0.3, -0.25) is 14.0 Å². The van der Waals surface area contributed by atoms with Gasteiger partial charge in [0.25, 0.3) is 5.91 Å². The van der Waals surface area contributed by atoms with Gasteiger partial charge in [0.1, 0.15) is 11.3 Å². The van der Waals surface area contributed by atoms with Gasteiger partial charge in [-0.2, -0.15) is 22.0 Å². The van der Waals surface area contributed by atoms with Crippen LogP contribution in [0.1, 0.15) is 29.0 Å². The van der Waals surface area contributed by atoms with Crippen LogP contribution in [0.15, 0.2) is 24.4 Å². The highest BCUT2D eigenvalue weighted by molar-refractivity contribution is 5.94. The molecule has 0 saturated carbocycles. The molecule has 4 rings (SSSR count). The highest BCUT2D eigenvalue weighted by Crippen LogP contribution is 2.37. The molecule has 0 aromatic carbocycles. The highest BCUT2D eigenvalue weighted by Gasteiger charge is 2.64. The number of pyridine rings is 1. The molecule has 0 N–H and O–H groups in total. The maximum Gasteiger partial charge on any atom is 0.463 e. The third kappa shape index (κ3) is 3.22. The molecule has 0 aliphatic carbocycles. The van der Waals surface area contributed by atoms with Crippen molar-refractivity contribution >= 4 is 17.5 Å². The van der Waals surface area contributed by atoms with Gasteiger partial charge in [-0.05, 0) is 30.9 Å². The Balaban J connectivity index is 1.40. The molecule has 2 aliphatic rings. The van der Waals surface area contributed by atoms with Crippen molar-refractivity contribution in [2.24, 2.45) is 5.92 Å². The minimum Gasteiger partial charge on any atom is -0.337 e. The predicted octanol–water partition coefficient (Wildman–Crippen LogP) is 2.73. The van der Waals surface area contributed by atoms with Crippen LogP contribution in [0.4, 0.5) is 22.0 Å². The van der Waals surface area contributed by atoms with Crippen LogP contribution in [-0.2, 0) is 11.3 Å². The van der Waals surface area contributed by atoms with E-state index in [0.717, 1.165) is 5.69 Å². The van der Waals surface area contributed by atoms with Gasteiger partial charge < -0.3 is 9.80 Å². The number of nitrogens with zero attached hydrogens (tertiary/aromatic N) is 4. The molecule has 2 aromatic rings. The number of halogens is 5. The Hall–Kier alpha value is -2.72. The van der Waals surface area contributed by atoms with E-state index in [9.17, 15) is 31.5 Å². The first-order valence-corrected chi connectivity index (χ1v) is 9.08. The Morgan fingerprint density at radius 1 is 1.14 bits per heavy atom. The van der Waals surface area contributed by atoms with Crippen LogP contribution in [0.3, 0.4) is 0 Å². The van der Waals surface area contributed by atoms with E-state index < -0.39 is 18.0 Å². The van der Waals surface area contributed by atoms with Crippen LogP contribution < -0.4 is 0 Å². The monoisotopic (exact) mass is 416 g/mol. The molecule has 156 valence electrons. The molecule has 29 heavy (non-hydrogen) atoms. The van der Waals surface area contributed by atoms with E-state index in [0.29, 0.717) is 29.3 Å². The first kappa shape index (κ1) is 19.6. The zero-order valence-electron chi connectivity index (χ0n) is 15.1. The molecule has 0 radical (unpaired) electrons. The van der Waals surface area contributed by atoms with Crippen LogP contribution in [0.2, 0.25) is 0 Å². The quantitative estimate of drug-likeness (QED) is 0.724. The molecule has 2 aliphatic heterocycles. The van der Waals surface area contributed by atoms with Crippen molar-refractivity contribution < 1.29 is 31.5 Å². The summed E-state index contributed by atoms with van der Waals surface area (Å²) in [5.74, 6) is -7.91. The van der Waals surface area contributed by atoms with E-state index in [4.69, 9.17) is 0 Å². The first-order valence-electron chi connectivity index (χ1n) is 9.08. The fraction of sp³-hybridized carbons (Fsp3) is 0.500. The molecule has 0 atom stereocenters. The SMILES string of the molecule is O=C1c2cnc3cccc(n23)CN1CC1CCN(C(=O)C(F)(F)C(F)(F)F)CC1. The number of amides is 2. The second-order valence-corrected chi connectivity index (χ2v) is 7.35. The van der Waals surface area contributed by atoms with Gasteiger partial charge >= 0.3 is 18.0 Å². The summed E-state index contributed by atoms with van der Waals surface area (Å²) in [6.07, 6.45) is -3.93. The number of hydrogen-bond donors (Lipinski definition) is 0. The number of rotatable bonds is 3. The topological polar surface area (TPSA) is 57.9 Å². The number of alkyl halides is 5. The van der Waals surface area contributed by atoms with Crippen molar-refractivity contribution in [2.75, 3.05) is 19.6 Å². The molecule has 2 aromatic heterocycles. The molecule has 6 nitrogen and oxygen atoms in total. The predicted molar refractivity (Wildman–Crippen MR) is 90.2 cm³/mol. The average molecular weight is 416 g/mol. The van der Waals surface area contributed by atoms with Crippen LogP contribution in [0, 0.1) is 5.92 Å². The van der Waals surface area contributed by atoms with Crippen molar-refractivity contribution in [3.63, 3.8) is 0 Å². The van der Waals surface area contributed by atoms with E-state index in [1.807, 2.05) is 12.1 Å². The third-order valence-corrected chi connectivity index (χ3v) is 5.47. The summed E-state index contributed by atoms with van der Waals surface area (Å²) in [5.41, 5.74) is 1.98. The minimum atomic E-state index is -5.91. The van der Waals surface area contributed by atoms with Gasteiger partial charge in [-0.15, -0.1) is 0 Å². The minimum absolute atomic E-state index is 0.101. The highest BCUT2D eigenvalue weighted by atomic mass is 19.4. The standard InChI is InChI=1S/C18H17F5N4O2/c19-17(20,18(21,22)23)16(29)25-6-4-11(5-7-25)9-26-10-12-2-1-3-14-24-8-13(15(26)28)27(12)14/h1-3,8,11H,4-7,9-10H2. The summed E-state index contributed by atoms with van der Waals surface area (Å²) in [6.45, 7) is 0.276. The van der Waals surface area contributed by atoms with Gasteiger partial charge in [-0.25, -0.2) is 4.98 Å². The smallest absolute Gasteiger partial charge is 0.337 e. The van der Waals surface area contributed by atoms with E-state index in [1.165, 1.54) is 6.20 Å². The van der Waals surface area contributed by atoms with Crippen molar-refractivity contribution in [2.45, 2.75) is 31.5 Å². The van der Waals surface area contributed by atoms with Gasteiger partial charge in [0, 0.05) is 25.3 Å². The maximum atomic E-state index is 13.3. The van der Waals surface area contributed by atoms with Crippen LogP contribution >= 0.6 is 0 Å². The summed E-state index contributed by atoms with van der Waals surface area (Å²) < 4.78 is 65.5. The summed E-state index contributed by atoms with van der Waals surface area (Å²) >= 11 is 0. The molecular weight excluding hydrogens is 399 g/mol. The van der Waals surface area contributed by atoms with E-state index in [-0.39, 0.29) is 37.8 Å². The second kappa shape index (κ2) is 6.67. The lowest BCUT2D eigenvalue weighted by molar-refractivity contribution is -0.274. The fourth-order valence-corrected chi connectivity index (χ4v) is 3.91. The third-order valence-electron chi connectivity index (χ3n) is 5.47. The second-order valence-electron chi connectivity index (χ2n) is 7.35. The first-order chi connectivity index (χ1) is 13.6. The largest absolute Gasteiger partial charge is 0.463 e. The fourth-order valence-electron chi connectivity index (χ4n) is 3.91. The Kier molecular flexibility index (Phi) is 4.50. The van der Waals surface area contributed by atoms with E-state index >= 15 is 0 Å². The van der Waals surface area contributed by atoms with Gasteiger partial charge in [0.2, 0.25) is 0 Å². The molecule has 0 unspecified atom stereocenters. The number of hydrogen-bond acceptors (Lipinski definition) is 3. The number of carbonyl (C=O) groups is 2. The summed E-state index contributed by atoms with van der Waals surface area (Å²) in [6, 6.07) is 5.50. The lowest BCUT2D eigenvalue weighted by Crippen LogP contribution is -2.54. The molecule has 1 fully saturated rings. The Morgan fingerprint density at radius 2 is 1.83 bits per heavy atom. The van der Waals surface area contributed by atoms with Gasteiger partial charge in [0.05, 0.1) is 12.7 Å². The van der Waals surface area contributed by atoms with Crippen molar-refractivity contribution in [3.05, 3.63) is 35.8 Å². The van der Waals surface area contributed by atoms with Crippen LogP contribution in [-0.4, -0.2) is 62.7 Å². The Labute approximate surface area is 161 Å². The van der Waals surface area contributed by atoms with Gasteiger partial charge in [-0.1, -0.05) is 6.07 Å². The summed E-state index contributed by atoms with van der Waals surface area (Å²) in [5, 5.41) is 0. The molecule has 4 heterocycles. The molecule has 11 heteroatoms. The maximum absolute atomic E-state index is 13.3. The zero-order valence-corrected chi connectivity index (χ0v) is 15.1. The van der Waals surface area contributed by atoms with Crippen LogP contribution in [0.5, 0.6) is 0 Å². The molecule has 0 bridgehead atoms. The molecular formula is C18H17F5N4O2. The van der Waals surface area contributed by atoms with Crippen molar-refractivity contribution in [1.29, 1.82) is 0 Å². The van der Waals surface area contributed by atoms with E-state index in [1.54, 1.807) is 15.4 Å². The Morgan fingerprint density at radius 3 is 2.48 bits per heavy atom. The normalized spacial score (nSPS) is 18.6. The van der Waals surface area contributed by atoms with E-state index in [2.05, 4.69) is 4.98 Å². The van der Waals surface area contributed by atoms with Crippen molar-refractivity contribution in [3.8, 4) is 0 Å². The molecule has 1 saturated heterocycles. The molecule has 2 amide bonds. The lowest BCUT2D eigenvalue weighted by Gasteiger charge is -2.37. The lowest BCUT2D eigenvalue weighted by atomic mass is 9.95. The Bertz CT molecular complexity index is 963. The number of likely N-dealkylation sites (tertiary alicyclic amines) is 1. The van der Waals surface area contributed by atoms with Crippen molar-refractivity contribution in [1.82, 2.24) is 19.2 Å². The van der Waals surface area contributed by atoms with Crippen LogP contribution in [0.25, 0.3) is 5.65 Å².